The second-order valence-corrected chi connectivity index (χ2v) is 3.51. The molecule has 5 heteroatoms. The smallest absolute Gasteiger partial charge is 0.200 e. The Morgan fingerprint density at radius 2 is 2.00 bits per heavy atom. The van der Waals surface area contributed by atoms with Crippen molar-refractivity contribution in [1.29, 1.82) is 0 Å². The lowest BCUT2D eigenvalue weighted by atomic mass is 10.1. The highest BCUT2D eigenvalue weighted by atomic mass is 16.5. The Bertz CT molecular complexity index is 379. The fraction of sp³-hybridized carbons (Fsp3) is 0.333. The second kappa shape index (κ2) is 6.65. The molecule has 0 saturated carbocycles. The number of rotatable bonds is 7. The topological polar surface area (TPSA) is 82.0 Å². The van der Waals surface area contributed by atoms with E-state index in [-0.39, 0.29) is 11.5 Å². The van der Waals surface area contributed by atoms with Gasteiger partial charge in [-0.15, -0.1) is 0 Å². The summed E-state index contributed by atoms with van der Waals surface area (Å²) in [4.78, 5) is 0. The number of benzene rings is 1. The van der Waals surface area contributed by atoms with Crippen LogP contribution in [0.25, 0.3) is 0 Å². The van der Waals surface area contributed by atoms with Gasteiger partial charge >= 0.3 is 0 Å². The zero-order valence-corrected chi connectivity index (χ0v) is 9.52. The summed E-state index contributed by atoms with van der Waals surface area (Å²) in [6.07, 6.45) is 2.21. The van der Waals surface area contributed by atoms with Crippen LogP contribution in [0.4, 0.5) is 0 Å². The quantitative estimate of drug-likeness (QED) is 0.329. The average Bonchev–Trinajstić information content (AvgIpc) is 2.33. The monoisotopic (exact) mass is 239 g/mol. The van der Waals surface area contributed by atoms with E-state index >= 15 is 0 Å². The first kappa shape index (κ1) is 13.2. The van der Waals surface area contributed by atoms with E-state index in [1.165, 1.54) is 12.3 Å². The third-order valence-corrected chi connectivity index (χ3v) is 2.26. The molecule has 0 amide bonds. The summed E-state index contributed by atoms with van der Waals surface area (Å²) in [5.74, 6) is -1.11. The first-order valence-corrected chi connectivity index (χ1v) is 5.32. The van der Waals surface area contributed by atoms with Crippen LogP contribution in [0.15, 0.2) is 25.0 Å². The molecule has 0 aliphatic rings. The van der Waals surface area contributed by atoms with Crippen molar-refractivity contribution >= 4 is 0 Å². The van der Waals surface area contributed by atoms with E-state index in [1.807, 2.05) is 0 Å². The lowest BCUT2D eigenvalue weighted by Crippen LogP contribution is -2.16. The molecule has 17 heavy (non-hydrogen) atoms. The molecule has 1 aromatic carbocycles. The average molecular weight is 239 g/mol. The van der Waals surface area contributed by atoms with Crippen molar-refractivity contribution in [3.05, 3.63) is 30.5 Å². The second-order valence-electron chi connectivity index (χ2n) is 3.51. The van der Waals surface area contributed by atoms with E-state index in [4.69, 9.17) is 9.84 Å². The Morgan fingerprint density at radius 1 is 1.24 bits per heavy atom. The van der Waals surface area contributed by atoms with Crippen LogP contribution in [0.1, 0.15) is 12.0 Å². The van der Waals surface area contributed by atoms with Crippen molar-refractivity contribution in [3.63, 3.8) is 0 Å². The molecule has 0 fully saturated rings. The number of ether oxygens (including phenoxy) is 1. The maximum atomic E-state index is 9.53. The molecule has 0 spiro atoms. The van der Waals surface area contributed by atoms with E-state index in [2.05, 4.69) is 11.9 Å². The molecule has 4 N–H and O–H groups in total. The summed E-state index contributed by atoms with van der Waals surface area (Å²) in [6.45, 7) is 5.14. The van der Waals surface area contributed by atoms with E-state index < -0.39 is 5.75 Å². The van der Waals surface area contributed by atoms with Crippen molar-refractivity contribution in [3.8, 4) is 17.2 Å². The number of phenolic OH excluding ortho intramolecular Hbond substituents is 3. The third kappa shape index (κ3) is 3.88. The Morgan fingerprint density at radius 3 is 2.71 bits per heavy atom. The Labute approximate surface area is 100.0 Å². The highest BCUT2D eigenvalue weighted by Crippen LogP contribution is 2.36. The van der Waals surface area contributed by atoms with E-state index in [9.17, 15) is 10.2 Å². The predicted molar refractivity (Wildman–Crippen MR) is 63.9 cm³/mol. The van der Waals surface area contributed by atoms with Crippen LogP contribution in [0.2, 0.25) is 0 Å². The van der Waals surface area contributed by atoms with Gasteiger partial charge in [-0.3, -0.25) is 0 Å². The fourth-order valence-electron chi connectivity index (χ4n) is 1.34. The zero-order valence-electron chi connectivity index (χ0n) is 9.52. The summed E-state index contributed by atoms with van der Waals surface area (Å²) < 4.78 is 4.95. The lowest BCUT2D eigenvalue weighted by molar-refractivity contribution is 0.244. The maximum absolute atomic E-state index is 9.53. The minimum atomic E-state index is -0.487. The van der Waals surface area contributed by atoms with Crippen molar-refractivity contribution in [1.82, 2.24) is 5.32 Å². The van der Waals surface area contributed by atoms with Gasteiger partial charge < -0.3 is 25.4 Å². The number of nitrogens with one attached hydrogen (secondary N) is 1. The zero-order chi connectivity index (χ0) is 12.7. The normalized spacial score (nSPS) is 10.1. The molecule has 0 heterocycles. The minimum Gasteiger partial charge on any atom is -0.504 e. The molecule has 94 valence electrons. The van der Waals surface area contributed by atoms with Crippen molar-refractivity contribution in [2.45, 2.75) is 13.0 Å². The summed E-state index contributed by atoms with van der Waals surface area (Å²) in [6, 6.07) is 2.89. The van der Waals surface area contributed by atoms with Crippen LogP contribution < -0.4 is 5.32 Å². The van der Waals surface area contributed by atoms with Gasteiger partial charge in [0.25, 0.3) is 0 Å². The Balaban J connectivity index is 2.37. The summed E-state index contributed by atoms with van der Waals surface area (Å²) in [7, 11) is 0. The van der Waals surface area contributed by atoms with Crippen LogP contribution in [0, 0.1) is 0 Å². The van der Waals surface area contributed by atoms with Gasteiger partial charge in [0.05, 0.1) is 12.9 Å². The van der Waals surface area contributed by atoms with Crippen LogP contribution in [0.5, 0.6) is 17.2 Å². The van der Waals surface area contributed by atoms with E-state index in [1.54, 1.807) is 6.07 Å². The SMILES string of the molecule is C=COCCCNCc1ccc(O)c(O)c1O. The first-order valence-electron chi connectivity index (χ1n) is 5.32. The van der Waals surface area contributed by atoms with Gasteiger partial charge in [0, 0.05) is 12.1 Å². The lowest BCUT2D eigenvalue weighted by Gasteiger charge is -2.08. The Hall–Kier alpha value is -1.88. The highest BCUT2D eigenvalue weighted by Gasteiger charge is 2.09. The van der Waals surface area contributed by atoms with E-state index in [0.717, 1.165) is 13.0 Å². The number of phenols is 3. The molecule has 0 radical (unpaired) electrons. The molecule has 1 rings (SSSR count). The van der Waals surface area contributed by atoms with E-state index in [0.29, 0.717) is 18.7 Å². The van der Waals surface area contributed by atoms with Crippen LogP contribution >= 0.6 is 0 Å². The maximum Gasteiger partial charge on any atom is 0.200 e. The summed E-state index contributed by atoms with van der Waals surface area (Å²) in [5, 5.41) is 31.1. The summed E-state index contributed by atoms with van der Waals surface area (Å²) in [5.41, 5.74) is 0.532. The minimum absolute atomic E-state index is 0.292. The molecule has 5 nitrogen and oxygen atoms in total. The predicted octanol–water partition coefficient (Wildman–Crippen LogP) is 1.44. The standard InChI is InChI=1S/C12H17NO4/c1-2-17-7-3-6-13-8-9-4-5-10(14)12(16)11(9)15/h2,4-5,13-16H,1,3,6-8H2. The molecule has 0 unspecified atom stereocenters. The number of aromatic hydroxyl groups is 3. The van der Waals surface area contributed by atoms with Gasteiger partial charge in [0.2, 0.25) is 5.75 Å². The van der Waals surface area contributed by atoms with Gasteiger partial charge in [0.1, 0.15) is 0 Å². The van der Waals surface area contributed by atoms with Gasteiger partial charge in [-0.25, -0.2) is 0 Å². The van der Waals surface area contributed by atoms with Crippen molar-refractivity contribution in [2.75, 3.05) is 13.2 Å². The largest absolute Gasteiger partial charge is 0.504 e. The number of hydrogen-bond acceptors (Lipinski definition) is 5. The molecule has 0 atom stereocenters. The molecule has 1 aromatic rings. The molecule has 0 aromatic heterocycles. The van der Waals surface area contributed by atoms with Crippen molar-refractivity contribution < 1.29 is 20.1 Å². The molecule has 0 saturated heterocycles. The third-order valence-electron chi connectivity index (χ3n) is 2.26. The molecule has 0 aliphatic heterocycles. The molecular formula is C12H17NO4. The highest BCUT2D eigenvalue weighted by molar-refractivity contribution is 5.52. The van der Waals surface area contributed by atoms with Gasteiger partial charge in [-0.05, 0) is 19.0 Å². The van der Waals surface area contributed by atoms with Crippen molar-refractivity contribution in [2.24, 2.45) is 0 Å². The fourth-order valence-corrected chi connectivity index (χ4v) is 1.34. The Kier molecular flexibility index (Phi) is 5.16. The van der Waals surface area contributed by atoms with Gasteiger partial charge in [-0.2, -0.15) is 0 Å². The van der Waals surface area contributed by atoms with Crippen LogP contribution in [-0.2, 0) is 11.3 Å². The first-order chi connectivity index (χ1) is 8.16. The summed E-state index contributed by atoms with van der Waals surface area (Å²) >= 11 is 0. The van der Waals surface area contributed by atoms with Crippen LogP contribution in [0.3, 0.4) is 0 Å². The molecular weight excluding hydrogens is 222 g/mol. The van der Waals surface area contributed by atoms with Gasteiger partial charge in [0.15, 0.2) is 11.5 Å². The van der Waals surface area contributed by atoms with Crippen LogP contribution in [-0.4, -0.2) is 28.5 Å². The molecule has 0 aliphatic carbocycles. The molecule has 0 bridgehead atoms. The van der Waals surface area contributed by atoms with Gasteiger partial charge in [-0.1, -0.05) is 12.6 Å². The number of hydrogen-bond donors (Lipinski definition) is 4.